The zero-order valence-electron chi connectivity index (χ0n) is 14.8. The van der Waals surface area contributed by atoms with Gasteiger partial charge < -0.3 is 9.64 Å². The Balaban J connectivity index is 1.47. The summed E-state index contributed by atoms with van der Waals surface area (Å²) in [5, 5.41) is 0. The first kappa shape index (κ1) is 19.0. The van der Waals surface area contributed by atoms with Gasteiger partial charge in [-0.3, -0.25) is 14.7 Å². The van der Waals surface area contributed by atoms with Crippen LogP contribution in [0.1, 0.15) is 11.3 Å². The average Bonchev–Trinajstić information content (AvgIpc) is 2.68. The minimum Gasteiger partial charge on any atom is -0.435 e. The number of amides is 1. The smallest absolute Gasteiger partial charge is 0.387 e. The Labute approximate surface area is 156 Å². The summed E-state index contributed by atoms with van der Waals surface area (Å²) >= 11 is 0. The van der Waals surface area contributed by atoms with Gasteiger partial charge in [0.1, 0.15) is 5.75 Å². The largest absolute Gasteiger partial charge is 0.435 e. The Bertz CT molecular complexity index is 759. The first-order valence-corrected chi connectivity index (χ1v) is 8.74. The summed E-state index contributed by atoms with van der Waals surface area (Å²) in [5.74, 6) is 0.0397. The Hall–Kier alpha value is -2.80. The van der Waals surface area contributed by atoms with E-state index in [1.807, 2.05) is 18.2 Å². The van der Waals surface area contributed by atoms with Crippen molar-refractivity contribution >= 4 is 12.0 Å². The summed E-state index contributed by atoms with van der Waals surface area (Å²) in [6, 6.07) is 12.0. The highest BCUT2D eigenvalue weighted by Gasteiger charge is 2.19. The predicted molar refractivity (Wildman–Crippen MR) is 98.2 cm³/mol. The third-order valence-corrected chi connectivity index (χ3v) is 4.32. The van der Waals surface area contributed by atoms with Gasteiger partial charge in [-0.05, 0) is 35.9 Å². The number of carbonyl (C=O) groups excluding carboxylic acids is 1. The zero-order chi connectivity index (χ0) is 19.1. The van der Waals surface area contributed by atoms with E-state index >= 15 is 0 Å². The number of pyridine rings is 1. The van der Waals surface area contributed by atoms with Crippen molar-refractivity contribution in [3.8, 4) is 5.75 Å². The maximum absolute atomic E-state index is 12.3. The molecule has 0 N–H and O–H groups in total. The fourth-order valence-corrected chi connectivity index (χ4v) is 2.88. The van der Waals surface area contributed by atoms with E-state index in [2.05, 4.69) is 14.6 Å². The molecule has 7 heteroatoms. The van der Waals surface area contributed by atoms with Crippen LogP contribution in [0.4, 0.5) is 8.78 Å². The van der Waals surface area contributed by atoms with Crippen molar-refractivity contribution in [1.29, 1.82) is 0 Å². The molecule has 3 rings (SSSR count). The molecule has 1 aromatic heterocycles. The average molecular weight is 373 g/mol. The molecule has 1 aromatic carbocycles. The number of carbonyl (C=O) groups is 1. The second kappa shape index (κ2) is 9.23. The molecular weight excluding hydrogens is 352 g/mol. The van der Waals surface area contributed by atoms with Crippen LogP contribution in [-0.4, -0.2) is 53.5 Å². The van der Waals surface area contributed by atoms with Crippen LogP contribution in [0.3, 0.4) is 0 Å². The topological polar surface area (TPSA) is 45.7 Å². The van der Waals surface area contributed by atoms with Crippen LogP contribution < -0.4 is 4.74 Å². The lowest BCUT2D eigenvalue weighted by molar-refractivity contribution is -0.127. The number of piperazine rings is 1. The Morgan fingerprint density at radius 1 is 1.11 bits per heavy atom. The molecule has 0 atom stereocenters. The molecule has 27 heavy (non-hydrogen) atoms. The number of rotatable bonds is 6. The highest BCUT2D eigenvalue weighted by atomic mass is 19.3. The molecule has 1 fully saturated rings. The zero-order valence-corrected chi connectivity index (χ0v) is 14.8. The molecule has 2 aromatic rings. The van der Waals surface area contributed by atoms with Gasteiger partial charge in [-0.2, -0.15) is 8.78 Å². The maximum atomic E-state index is 12.3. The lowest BCUT2D eigenvalue weighted by atomic mass is 10.2. The lowest BCUT2D eigenvalue weighted by Gasteiger charge is -2.34. The van der Waals surface area contributed by atoms with Crippen LogP contribution in [0.25, 0.3) is 6.08 Å². The number of alkyl halides is 2. The van der Waals surface area contributed by atoms with Crippen LogP contribution in [0.15, 0.2) is 54.7 Å². The molecule has 0 unspecified atom stereocenters. The number of benzene rings is 1. The van der Waals surface area contributed by atoms with Crippen LogP contribution in [0.2, 0.25) is 0 Å². The third kappa shape index (κ3) is 5.86. The van der Waals surface area contributed by atoms with Gasteiger partial charge in [0.2, 0.25) is 5.91 Å². The Morgan fingerprint density at radius 3 is 2.48 bits per heavy atom. The number of aromatic nitrogens is 1. The molecule has 0 aliphatic carbocycles. The van der Waals surface area contributed by atoms with E-state index in [9.17, 15) is 13.6 Å². The van der Waals surface area contributed by atoms with E-state index in [1.165, 1.54) is 18.2 Å². The van der Waals surface area contributed by atoms with Crippen molar-refractivity contribution in [2.24, 2.45) is 0 Å². The molecule has 1 saturated heterocycles. The second-order valence-electron chi connectivity index (χ2n) is 6.20. The maximum Gasteiger partial charge on any atom is 0.387 e. The summed E-state index contributed by atoms with van der Waals surface area (Å²) in [4.78, 5) is 20.7. The fourth-order valence-electron chi connectivity index (χ4n) is 2.88. The van der Waals surface area contributed by atoms with Gasteiger partial charge in [0.15, 0.2) is 0 Å². The van der Waals surface area contributed by atoms with Crippen molar-refractivity contribution in [1.82, 2.24) is 14.8 Å². The summed E-state index contributed by atoms with van der Waals surface area (Å²) in [6.07, 6.45) is 4.97. The molecule has 0 radical (unpaired) electrons. The highest BCUT2D eigenvalue weighted by Crippen LogP contribution is 2.16. The van der Waals surface area contributed by atoms with Gasteiger partial charge in [0, 0.05) is 45.0 Å². The molecule has 142 valence electrons. The van der Waals surface area contributed by atoms with Crippen molar-refractivity contribution in [3.05, 3.63) is 66.0 Å². The number of nitrogens with zero attached hydrogens (tertiary/aromatic N) is 3. The van der Waals surface area contributed by atoms with E-state index in [1.54, 1.807) is 29.3 Å². The number of halogens is 2. The highest BCUT2D eigenvalue weighted by molar-refractivity contribution is 5.91. The Morgan fingerprint density at radius 2 is 1.85 bits per heavy atom. The monoisotopic (exact) mass is 373 g/mol. The lowest BCUT2D eigenvalue weighted by Crippen LogP contribution is -2.47. The fraction of sp³-hybridized carbons (Fsp3) is 0.300. The van der Waals surface area contributed by atoms with Crippen LogP contribution in [0.5, 0.6) is 5.75 Å². The second-order valence-corrected chi connectivity index (χ2v) is 6.20. The molecule has 5 nitrogen and oxygen atoms in total. The van der Waals surface area contributed by atoms with Gasteiger partial charge in [0.25, 0.3) is 0 Å². The molecule has 0 bridgehead atoms. The van der Waals surface area contributed by atoms with E-state index in [4.69, 9.17) is 0 Å². The van der Waals surface area contributed by atoms with Crippen LogP contribution in [-0.2, 0) is 11.3 Å². The Kier molecular flexibility index (Phi) is 6.49. The van der Waals surface area contributed by atoms with Gasteiger partial charge in [-0.15, -0.1) is 0 Å². The van der Waals surface area contributed by atoms with Gasteiger partial charge in [-0.1, -0.05) is 18.2 Å². The van der Waals surface area contributed by atoms with E-state index in [0.717, 1.165) is 30.9 Å². The van der Waals surface area contributed by atoms with Gasteiger partial charge in [-0.25, -0.2) is 0 Å². The first-order chi connectivity index (χ1) is 13.1. The summed E-state index contributed by atoms with van der Waals surface area (Å²) < 4.78 is 28.6. The molecule has 1 amide bonds. The minimum atomic E-state index is -2.84. The first-order valence-electron chi connectivity index (χ1n) is 8.74. The normalized spacial score (nSPS) is 15.4. The standard InChI is InChI=1S/C20H21F2N3O2/c21-20(22)27-18-7-4-16(5-8-18)6-9-19(26)25-13-11-24(12-14-25)15-17-3-1-2-10-23-17/h1-10,20H,11-15H2/b9-6+. The van der Waals surface area contributed by atoms with Crippen LogP contribution >= 0.6 is 0 Å². The minimum absolute atomic E-state index is 0.0552. The van der Waals surface area contributed by atoms with Crippen molar-refractivity contribution in [2.75, 3.05) is 26.2 Å². The van der Waals surface area contributed by atoms with Crippen molar-refractivity contribution in [3.63, 3.8) is 0 Å². The molecule has 2 heterocycles. The third-order valence-electron chi connectivity index (χ3n) is 4.32. The van der Waals surface area contributed by atoms with Crippen molar-refractivity contribution < 1.29 is 18.3 Å². The van der Waals surface area contributed by atoms with E-state index in [-0.39, 0.29) is 11.7 Å². The predicted octanol–water partition coefficient (Wildman–Crippen LogP) is 3.04. The summed E-state index contributed by atoms with van der Waals surface area (Å²) in [7, 11) is 0. The van der Waals surface area contributed by atoms with E-state index in [0.29, 0.717) is 13.1 Å². The number of ether oxygens (including phenoxy) is 1. The summed E-state index contributed by atoms with van der Waals surface area (Å²) in [5.41, 5.74) is 1.77. The molecule has 0 spiro atoms. The molecule has 1 aliphatic rings. The van der Waals surface area contributed by atoms with E-state index < -0.39 is 6.61 Å². The molecule has 0 saturated carbocycles. The quantitative estimate of drug-likeness (QED) is 0.731. The van der Waals surface area contributed by atoms with Crippen LogP contribution in [0, 0.1) is 0 Å². The molecule has 1 aliphatic heterocycles. The van der Waals surface area contributed by atoms with Gasteiger partial charge in [0.05, 0.1) is 5.69 Å². The molecular formula is C20H21F2N3O2. The van der Waals surface area contributed by atoms with Crippen molar-refractivity contribution in [2.45, 2.75) is 13.2 Å². The number of hydrogen-bond acceptors (Lipinski definition) is 4. The summed E-state index contributed by atoms with van der Waals surface area (Å²) in [6.45, 7) is 0.871. The SMILES string of the molecule is O=C(/C=C/c1ccc(OC(F)F)cc1)N1CCN(Cc2ccccn2)CC1. The number of hydrogen-bond donors (Lipinski definition) is 0. The van der Waals surface area contributed by atoms with Gasteiger partial charge >= 0.3 is 6.61 Å².